The maximum atomic E-state index is 4.87. The van der Waals surface area contributed by atoms with Gasteiger partial charge in [-0.1, -0.05) is 182 Å². The van der Waals surface area contributed by atoms with Crippen LogP contribution in [0.3, 0.4) is 0 Å². The summed E-state index contributed by atoms with van der Waals surface area (Å²) < 4.78 is 0. The van der Waals surface area contributed by atoms with Crippen LogP contribution in [0.15, 0.2) is 187 Å². The summed E-state index contributed by atoms with van der Waals surface area (Å²) in [5.41, 5.74) is 5.43. The molecular weight excluding hydrogens is 611 g/mol. The first-order valence-electron chi connectivity index (χ1n) is 17.5. The number of hydrazone groups is 1. The molecule has 5 heteroatoms. The van der Waals surface area contributed by atoms with Crippen LogP contribution in [0.1, 0.15) is 40.3 Å². The Hall–Kier alpha value is -5.33. The van der Waals surface area contributed by atoms with E-state index in [9.17, 15) is 0 Å². The maximum Gasteiger partial charge on any atom is 0.121 e. The van der Waals surface area contributed by atoms with Crippen LogP contribution in [0.25, 0.3) is 0 Å². The van der Waals surface area contributed by atoms with E-state index in [-0.39, 0.29) is 6.17 Å². The van der Waals surface area contributed by atoms with E-state index in [0.29, 0.717) is 13.1 Å². The Balaban J connectivity index is 1.21. The number of nitrogens with one attached hydrogen (secondary N) is 3. The third-order valence-electron chi connectivity index (χ3n) is 10.1. The van der Waals surface area contributed by atoms with Crippen molar-refractivity contribution in [3.05, 3.63) is 215 Å². The van der Waals surface area contributed by atoms with Crippen LogP contribution in [0, 0.1) is 0 Å². The lowest BCUT2D eigenvalue weighted by Crippen LogP contribution is -2.66. The molecule has 0 spiro atoms. The van der Waals surface area contributed by atoms with Gasteiger partial charge in [-0.25, -0.2) is 0 Å². The van der Waals surface area contributed by atoms with Gasteiger partial charge in [-0.05, 0) is 40.3 Å². The van der Waals surface area contributed by atoms with Gasteiger partial charge in [0, 0.05) is 26.4 Å². The molecule has 0 radical (unpaired) electrons. The minimum absolute atomic E-state index is 0.176. The van der Waals surface area contributed by atoms with Crippen LogP contribution < -0.4 is 16.0 Å². The summed E-state index contributed by atoms with van der Waals surface area (Å²) in [4.78, 5) is 0. The maximum absolute atomic E-state index is 4.87. The second-order valence-corrected chi connectivity index (χ2v) is 13.2. The summed E-state index contributed by atoms with van der Waals surface area (Å²) in [5, 5.41) is 19.0. The fourth-order valence-electron chi connectivity index (χ4n) is 7.59. The molecule has 0 aromatic heterocycles. The molecule has 1 aliphatic heterocycles. The van der Waals surface area contributed by atoms with Gasteiger partial charge in [-0.2, -0.15) is 5.10 Å². The van der Waals surface area contributed by atoms with E-state index < -0.39 is 16.6 Å². The quantitative estimate of drug-likeness (QED) is 0.0880. The van der Waals surface area contributed by atoms with Crippen molar-refractivity contribution in [1.82, 2.24) is 21.0 Å². The van der Waals surface area contributed by atoms with Crippen molar-refractivity contribution < 1.29 is 0 Å². The fraction of sp³-hybridized carbons (Fsp3) is 0.178. The normalized spacial score (nSPS) is 17.6. The molecule has 0 saturated carbocycles. The van der Waals surface area contributed by atoms with Crippen LogP contribution in [0.4, 0.5) is 0 Å². The van der Waals surface area contributed by atoms with Gasteiger partial charge in [0.2, 0.25) is 0 Å². The lowest BCUT2D eigenvalue weighted by Gasteiger charge is -2.45. The topological polar surface area (TPSA) is 51.7 Å². The third-order valence-corrected chi connectivity index (χ3v) is 10.1. The Bertz CT molecular complexity index is 1760. The van der Waals surface area contributed by atoms with Gasteiger partial charge in [0.25, 0.3) is 0 Å². The summed E-state index contributed by atoms with van der Waals surface area (Å²) in [6.45, 7) is 3.65. The molecule has 0 amide bonds. The van der Waals surface area contributed by atoms with Crippen molar-refractivity contribution in [2.75, 3.05) is 20.1 Å². The summed E-state index contributed by atoms with van der Waals surface area (Å²) >= 11 is 0. The van der Waals surface area contributed by atoms with E-state index in [2.05, 4.69) is 218 Å². The highest BCUT2D eigenvalue weighted by molar-refractivity contribution is 5.73. The summed E-state index contributed by atoms with van der Waals surface area (Å²) in [7, 11) is 2.05. The van der Waals surface area contributed by atoms with Gasteiger partial charge in [-0.15, -0.1) is 0 Å². The summed E-state index contributed by atoms with van der Waals surface area (Å²) in [6, 6.07) is 64.5. The van der Waals surface area contributed by atoms with Crippen molar-refractivity contribution >= 4 is 6.21 Å². The molecule has 250 valence electrons. The highest BCUT2D eigenvalue weighted by Crippen LogP contribution is 2.39. The number of hydrogen-bond donors (Lipinski definition) is 3. The number of benzene rings is 6. The fourth-order valence-corrected chi connectivity index (χ4v) is 7.59. The number of rotatable bonds is 13. The average Bonchev–Trinajstić information content (AvgIpc) is 3.47. The number of hydrogen-bond acceptors (Lipinski definition) is 5. The summed E-state index contributed by atoms with van der Waals surface area (Å²) in [5.74, 6) is 0. The minimum atomic E-state index is -0.638. The molecule has 7 rings (SSSR count). The zero-order valence-electron chi connectivity index (χ0n) is 28.8. The van der Waals surface area contributed by atoms with Crippen molar-refractivity contribution in [1.29, 1.82) is 0 Å². The minimum Gasteiger partial charge on any atom is -0.303 e. The van der Waals surface area contributed by atoms with Crippen molar-refractivity contribution in [3.63, 3.8) is 0 Å². The van der Waals surface area contributed by atoms with E-state index in [4.69, 9.17) is 5.10 Å². The second kappa shape index (κ2) is 14.7. The monoisotopic (exact) mass is 655 g/mol. The molecule has 2 atom stereocenters. The second-order valence-electron chi connectivity index (χ2n) is 13.2. The SMILES string of the molecule is CN1N=CC(C)(NCCNC(c2ccccc2)(c2ccccc2)c2ccccc2)C1NC(c1ccccc1)(c1ccccc1)c1ccccc1. The zero-order chi connectivity index (χ0) is 34.3. The van der Waals surface area contributed by atoms with Gasteiger partial charge >= 0.3 is 0 Å². The van der Waals surface area contributed by atoms with Crippen molar-refractivity contribution in [2.24, 2.45) is 5.10 Å². The molecule has 0 aliphatic carbocycles. The molecule has 0 bridgehead atoms. The van der Waals surface area contributed by atoms with Crippen molar-refractivity contribution in [2.45, 2.75) is 29.7 Å². The number of nitrogens with zero attached hydrogens (tertiary/aromatic N) is 2. The van der Waals surface area contributed by atoms with Gasteiger partial charge in [0.05, 0.1) is 16.6 Å². The molecule has 6 aromatic carbocycles. The van der Waals surface area contributed by atoms with Crippen LogP contribution in [0.5, 0.6) is 0 Å². The molecule has 0 saturated heterocycles. The predicted octanol–water partition coefficient (Wildman–Crippen LogP) is 7.76. The standard InChI is InChI=1S/C45H45N5/c1-43(46-33-34-47-44(36-21-9-3-10-22-36,37-23-11-4-12-24-37)38-25-13-5-14-26-38)35-48-50(2)42(43)49-45(39-27-15-6-16-28-39,40-29-17-7-18-30-40)41-31-19-8-20-32-41/h3-32,35,42,46-47,49H,33-34H2,1-2H3. The molecular formula is C45H45N5. The van der Waals surface area contributed by atoms with E-state index in [1.807, 2.05) is 5.01 Å². The van der Waals surface area contributed by atoms with Crippen LogP contribution in [-0.4, -0.2) is 43.1 Å². The highest BCUT2D eigenvalue weighted by atomic mass is 15.5. The molecule has 1 aliphatic rings. The molecule has 50 heavy (non-hydrogen) atoms. The average molecular weight is 656 g/mol. The molecule has 3 N–H and O–H groups in total. The Morgan fingerprint density at radius 3 is 1.16 bits per heavy atom. The number of likely N-dealkylation sites (N-methyl/N-ethyl adjacent to an activating group) is 1. The van der Waals surface area contributed by atoms with E-state index >= 15 is 0 Å². The molecule has 1 heterocycles. The first-order chi connectivity index (χ1) is 24.6. The van der Waals surface area contributed by atoms with Crippen LogP contribution in [0.2, 0.25) is 0 Å². The smallest absolute Gasteiger partial charge is 0.121 e. The lowest BCUT2D eigenvalue weighted by molar-refractivity contribution is 0.145. The van der Waals surface area contributed by atoms with Gasteiger partial charge in [-0.3, -0.25) is 15.6 Å². The molecule has 2 unspecified atom stereocenters. The van der Waals surface area contributed by atoms with E-state index in [0.717, 1.165) is 0 Å². The first kappa shape index (κ1) is 33.2. The van der Waals surface area contributed by atoms with Gasteiger partial charge < -0.3 is 5.32 Å². The molecule has 0 fully saturated rings. The summed E-state index contributed by atoms with van der Waals surface area (Å²) in [6.07, 6.45) is 1.88. The zero-order valence-corrected chi connectivity index (χ0v) is 28.8. The highest BCUT2D eigenvalue weighted by Gasteiger charge is 2.47. The van der Waals surface area contributed by atoms with Gasteiger partial charge in [0.15, 0.2) is 0 Å². The predicted molar refractivity (Wildman–Crippen MR) is 206 cm³/mol. The molecule has 5 nitrogen and oxygen atoms in total. The van der Waals surface area contributed by atoms with Crippen molar-refractivity contribution in [3.8, 4) is 0 Å². The van der Waals surface area contributed by atoms with E-state index in [1.54, 1.807) is 0 Å². The van der Waals surface area contributed by atoms with Crippen LogP contribution in [-0.2, 0) is 11.1 Å². The Labute approximate surface area is 296 Å². The van der Waals surface area contributed by atoms with Gasteiger partial charge in [0.1, 0.15) is 6.17 Å². The Morgan fingerprint density at radius 1 is 0.500 bits per heavy atom. The molecule has 6 aromatic rings. The Morgan fingerprint density at radius 2 is 0.820 bits per heavy atom. The third kappa shape index (κ3) is 6.27. The lowest BCUT2D eigenvalue weighted by atomic mass is 9.76. The van der Waals surface area contributed by atoms with E-state index in [1.165, 1.54) is 33.4 Å². The first-order valence-corrected chi connectivity index (χ1v) is 17.5. The Kier molecular flexibility index (Phi) is 9.72. The van der Waals surface area contributed by atoms with Crippen LogP contribution >= 0.6 is 0 Å². The largest absolute Gasteiger partial charge is 0.303 e.